The van der Waals surface area contributed by atoms with Gasteiger partial charge < -0.3 is 14.8 Å². The predicted molar refractivity (Wildman–Crippen MR) is 123 cm³/mol. The van der Waals surface area contributed by atoms with Gasteiger partial charge in [-0.25, -0.2) is 0 Å². The zero-order valence-corrected chi connectivity index (χ0v) is 18.2. The number of carbonyl (C=O) groups is 2. The van der Waals surface area contributed by atoms with E-state index in [0.717, 1.165) is 16.8 Å². The maximum absolute atomic E-state index is 13.4. The van der Waals surface area contributed by atoms with Gasteiger partial charge in [0.15, 0.2) is 11.5 Å². The van der Waals surface area contributed by atoms with Crippen LogP contribution in [0.5, 0.6) is 11.5 Å². The van der Waals surface area contributed by atoms with Crippen LogP contribution in [0.1, 0.15) is 16.7 Å². The third kappa shape index (κ3) is 4.07. The summed E-state index contributed by atoms with van der Waals surface area (Å²) in [4.78, 5) is 28.0. The number of methoxy groups -OCH3 is 2. The molecule has 2 amide bonds. The van der Waals surface area contributed by atoms with Crippen molar-refractivity contribution in [3.05, 3.63) is 95.2 Å². The minimum Gasteiger partial charge on any atom is -0.493 e. The molecule has 0 fully saturated rings. The largest absolute Gasteiger partial charge is 0.493 e. The van der Waals surface area contributed by atoms with Gasteiger partial charge in [0, 0.05) is 5.69 Å². The monoisotopic (exact) mass is 428 g/mol. The highest BCUT2D eigenvalue weighted by atomic mass is 16.5. The van der Waals surface area contributed by atoms with Crippen molar-refractivity contribution in [2.45, 2.75) is 13.5 Å². The van der Waals surface area contributed by atoms with Gasteiger partial charge in [-0.3, -0.25) is 14.5 Å². The van der Waals surface area contributed by atoms with Gasteiger partial charge in [-0.15, -0.1) is 0 Å². The Balaban J connectivity index is 1.69. The molecule has 0 saturated carbocycles. The summed E-state index contributed by atoms with van der Waals surface area (Å²) in [6.45, 7) is 2.11. The number of anilines is 1. The highest BCUT2D eigenvalue weighted by Gasteiger charge is 2.39. The third-order valence-electron chi connectivity index (χ3n) is 5.34. The summed E-state index contributed by atoms with van der Waals surface area (Å²) in [5.74, 6) is 0.410. The number of ether oxygens (including phenoxy) is 2. The van der Waals surface area contributed by atoms with Gasteiger partial charge in [0.25, 0.3) is 11.8 Å². The molecule has 162 valence electrons. The molecular formula is C26H24N2O4. The van der Waals surface area contributed by atoms with Crippen LogP contribution in [0.4, 0.5) is 5.69 Å². The summed E-state index contributed by atoms with van der Waals surface area (Å²) in [7, 11) is 3.11. The summed E-state index contributed by atoms with van der Waals surface area (Å²) in [5, 5.41) is 3.18. The van der Waals surface area contributed by atoms with E-state index in [4.69, 9.17) is 9.47 Å². The van der Waals surface area contributed by atoms with Crippen molar-refractivity contribution in [3.63, 3.8) is 0 Å². The lowest BCUT2D eigenvalue weighted by atomic mass is 10.0. The Kier molecular flexibility index (Phi) is 5.94. The highest BCUT2D eigenvalue weighted by molar-refractivity contribution is 6.36. The number of nitrogens with one attached hydrogen (secondary N) is 1. The van der Waals surface area contributed by atoms with Gasteiger partial charge in [0.05, 0.1) is 26.3 Å². The van der Waals surface area contributed by atoms with E-state index in [9.17, 15) is 9.59 Å². The molecular weight excluding hydrogens is 404 g/mol. The molecule has 1 heterocycles. The molecule has 3 aromatic rings. The lowest BCUT2D eigenvalue weighted by Crippen LogP contribution is -2.32. The molecule has 1 aliphatic rings. The van der Waals surface area contributed by atoms with Crippen molar-refractivity contribution in [1.82, 2.24) is 4.90 Å². The average Bonchev–Trinajstić information content (AvgIpc) is 3.05. The van der Waals surface area contributed by atoms with Crippen LogP contribution in [0.25, 0.3) is 5.57 Å². The molecule has 4 rings (SSSR count). The molecule has 6 heteroatoms. The van der Waals surface area contributed by atoms with Gasteiger partial charge in [-0.1, -0.05) is 54.1 Å². The van der Waals surface area contributed by atoms with Crippen LogP contribution in [-0.2, 0) is 16.1 Å². The van der Waals surface area contributed by atoms with Crippen molar-refractivity contribution < 1.29 is 19.1 Å². The van der Waals surface area contributed by atoms with E-state index in [2.05, 4.69) is 5.32 Å². The summed E-state index contributed by atoms with van der Waals surface area (Å²) >= 11 is 0. The first-order chi connectivity index (χ1) is 15.5. The number of rotatable bonds is 7. The van der Waals surface area contributed by atoms with E-state index in [-0.39, 0.29) is 24.1 Å². The molecule has 0 spiro atoms. The second-order valence-corrected chi connectivity index (χ2v) is 7.49. The standard InChI is InChI=1S/C26H24N2O4/c1-17-9-12-20(13-10-17)27-24-23(19-7-5-4-6-8-19)25(29)28(26(24)30)16-18-11-14-21(31-2)22(15-18)32-3/h4-15,27H,16H2,1-3H3. The molecule has 0 atom stereocenters. The average molecular weight is 428 g/mol. The maximum atomic E-state index is 13.4. The normalized spacial score (nSPS) is 13.5. The fourth-order valence-corrected chi connectivity index (χ4v) is 3.65. The van der Waals surface area contributed by atoms with Crippen molar-refractivity contribution in [2.24, 2.45) is 0 Å². The molecule has 0 radical (unpaired) electrons. The van der Waals surface area contributed by atoms with Crippen LogP contribution < -0.4 is 14.8 Å². The number of amides is 2. The van der Waals surface area contributed by atoms with E-state index in [0.29, 0.717) is 22.6 Å². The van der Waals surface area contributed by atoms with Crippen LogP contribution in [0.3, 0.4) is 0 Å². The Morgan fingerprint density at radius 1 is 0.812 bits per heavy atom. The first-order valence-electron chi connectivity index (χ1n) is 10.2. The summed E-state index contributed by atoms with van der Waals surface area (Å²) < 4.78 is 10.6. The predicted octanol–water partition coefficient (Wildman–Crippen LogP) is 4.40. The molecule has 0 saturated heterocycles. The lowest BCUT2D eigenvalue weighted by molar-refractivity contribution is -0.137. The fraction of sp³-hybridized carbons (Fsp3) is 0.154. The molecule has 3 aromatic carbocycles. The first kappa shape index (κ1) is 21.2. The number of hydrogen-bond donors (Lipinski definition) is 1. The summed E-state index contributed by atoms with van der Waals surface area (Å²) in [6, 6.07) is 22.3. The Morgan fingerprint density at radius 2 is 1.50 bits per heavy atom. The van der Waals surface area contributed by atoms with Gasteiger partial charge in [0.2, 0.25) is 0 Å². The quantitative estimate of drug-likeness (QED) is 0.565. The Bertz CT molecular complexity index is 1180. The second-order valence-electron chi connectivity index (χ2n) is 7.49. The van der Waals surface area contributed by atoms with Gasteiger partial charge >= 0.3 is 0 Å². The highest BCUT2D eigenvalue weighted by Crippen LogP contribution is 2.33. The van der Waals surface area contributed by atoms with Crippen molar-refractivity contribution >= 4 is 23.1 Å². The topological polar surface area (TPSA) is 67.9 Å². The van der Waals surface area contributed by atoms with Crippen LogP contribution in [-0.4, -0.2) is 30.9 Å². The molecule has 0 aromatic heterocycles. The van der Waals surface area contributed by atoms with Gasteiger partial charge in [0.1, 0.15) is 5.70 Å². The Labute approximate surface area is 187 Å². The lowest BCUT2D eigenvalue weighted by Gasteiger charge is -2.17. The molecule has 1 aliphatic heterocycles. The van der Waals surface area contributed by atoms with Crippen LogP contribution >= 0.6 is 0 Å². The maximum Gasteiger partial charge on any atom is 0.278 e. The number of imide groups is 1. The van der Waals surface area contributed by atoms with Crippen LogP contribution in [0, 0.1) is 6.92 Å². The van der Waals surface area contributed by atoms with Crippen molar-refractivity contribution in [2.75, 3.05) is 19.5 Å². The van der Waals surface area contributed by atoms with E-state index >= 15 is 0 Å². The SMILES string of the molecule is COc1ccc(CN2C(=O)C(Nc3ccc(C)cc3)=C(c3ccccc3)C2=O)cc1OC. The molecule has 6 nitrogen and oxygen atoms in total. The number of benzene rings is 3. The van der Waals surface area contributed by atoms with E-state index < -0.39 is 0 Å². The van der Waals surface area contributed by atoms with Crippen LogP contribution in [0.2, 0.25) is 0 Å². The Morgan fingerprint density at radius 3 is 2.16 bits per heavy atom. The van der Waals surface area contributed by atoms with Crippen molar-refractivity contribution in [1.29, 1.82) is 0 Å². The second kappa shape index (κ2) is 8.98. The number of aryl methyl sites for hydroxylation is 1. The molecule has 0 aliphatic carbocycles. The smallest absolute Gasteiger partial charge is 0.278 e. The molecule has 0 bridgehead atoms. The summed E-state index contributed by atoms with van der Waals surface area (Å²) in [6.07, 6.45) is 0. The number of nitrogens with zero attached hydrogens (tertiary/aromatic N) is 1. The Hall–Kier alpha value is -4.06. The number of hydrogen-bond acceptors (Lipinski definition) is 5. The molecule has 0 unspecified atom stereocenters. The number of carbonyl (C=O) groups excluding carboxylic acids is 2. The summed E-state index contributed by atoms with van der Waals surface area (Å²) in [5.41, 5.74) is 3.93. The van der Waals surface area contributed by atoms with Crippen molar-refractivity contribution in [3.8, 4) is 11.5 Å². The molecule has 32 heavy (non-hydrogen) atoms. The van der Waals surface area contributed by atoms with E-state index in [1.54, 1.807) is 26.4 Å². The van der Waals surface area contributed by atoms with Gasteiger partial charge in [-0.2, -0.15) is 0 Å². The minimum atomic E-state index is -0.371. The van der Waals surface area contributed by atoms with Crippen LogP contribution in [0.15, 0.2) is 78.5 Å². The first-order valence-corrected chi connectivity index (χ1v) is 10.2. The zero-order valence-electron chi connectivity index (χ0n) is 18.2. The third-order valence-corrected chi connectivity index (χ3v) is 5.34. The van der Waals surface area contributed by atoms with Gasteiger partial charge in [-0.05, 0) is 42.3 Å². The minimum absolute atomic E-state index is 0.118. The van der Waals surface area contributed by atoms with E-state index in [1.807, 2.05) is 67.6 Å². The van der Waals surface area contributed by atoms with E-state index in [1.165, 1.54) is 4.90 Å². The fourth-order valence-electron chi connectivity index (χ4n) is 3.65. The zero-order chi connectivity index (χ0) is 22.7. The molecule has 1 N–H and O–H groups in total.